The maximum atomic E-state index is 12.7. The minimum atomic E-state index is -4.63. The molecule has 0 bridgehead atoms. The molecule has 0 radical (unpaired) electrons. The molecule has 2 aromatic rings. The van der Waals surface area contributed by atoms with E-state index in [1.165, 1.54) is 6.92 Å². The predicted molar refractivity (Wildman–Crippen MR) is 63.7 cm³/mol. The lowest BCUT2D eigenvalue weighted by Crippen LogP contribution is -2.47. The van der Waals surface area contributed by atoms with Crippen molar-refractivity contribution in [2.45, 2.75) is 18.6 Å². The van der Waals surface area contributed by atoms with E-state index in [-0.39, 0.29) is 11.5 Å². The molecule has 108 valence electrons. The molecular weight excluding hydrogens is 299 g/mol. The number of halogens is 4. The smallest absolute Gasteiger partial charge is 0.368 e. The van der Waals surface area contributed by atoms with Gasteiger partial charge in [-0.1, -0.05) is 11.6 Å². The Morgan fingerprint density at radius 1 is 1.45 bits per heavy atom. The van der Waals surface area contributed by atoms with Crippen LogP contribution in [-0.2, 0) is 16.5 Å². The van der Waals surface area contributed by atoms with E-state index < -0.39 is 28.2 Å². The van der Waals surface area contributed by atoms with E-state index >= 15 is 0 Å². The summed E-state index contributed by atoms with van der Waals surface area (Å²) in [6.07, 6.45) is -3.96. The van der Waals surface area contributed by atoms with E-state index in [0.29, 0.717) is 6.20 Å². The summed E-state index contributed by atoms with van der Waals surface area (Å²) in [5.74, 6) is -1.10. The van der Waals surface area contributed by atoms with Crippen LogP contribution in [0.1, 0.15) is 18.3 Å². The molecule has 0 saturated heterocycles. The fraction of sp³-hybridized carbons (Fsp3) is 0.300. The van der Waals surface area contributed by atoms with Crippen molar-refractivity contribution in [2.24, 2.45) is 11.5 Å². The number of amides is 1. The number of rotatable bonds is 2. The number of hydrogen-bond acceptors (Lipinski definition) is 4. The van der Waals surface area contributed by atoms with Gasteiger partial charge in [-0.05, 0) is 6.92 Å². The molecule has 0 aliphatic carbocycles. The highest BCUT2D eigenvalue weighted by Crippen LogP contribution is 2.34. The lowest BCUT2D eigenvalue weighted by Gasteiger charge is -2.15. The van der Waals surface area contributed by atoms with Gasteiger partial charge in [0.2, 0.25) is 5.91 Å². The Balaban J connectivity index is 2.64. The van der Waals surface area contributed by atoms with Crippen LogP contribution in [-0.4, -0.2) is 20.5 Å². The van der Waals surface area contributed by atoms with Crippen molar-refractivity contribution in [2.75, 3.05) is 0 Å². The van der Waals surface area contributed by atoms with Gasteiger partial charge in [0.05, 0.1) is 10.6 Å². The van der Waals surface area contributed by atoms with Gasteiger partial charge in [0.1, 0.15) is 0 Å². The molecule has 2 heterocycles. The summed E-state index contributed by atoms with van der Waals surface area (Å²) in [6, 6.07) is 0.984. The van der Waals surface area contributed by atoms with Crippen LogP contribution in [0, 0.1) is 0 Å². The average Bonchev–Trinajstić information content (AvgIpc) is 2.69. The molecule has 6 nitrogen and oxygen atoms in total. The quantitative estimate of drug-likeness (QED) is 0.866. The summed E-state index contributed by atoms with van der Waals surface area (Å²) in [4.78, 5) is 15.1. The Bertz CT molecular complexity index is 694. The molecule has 10 heteroatoms. The molecule has 0 saturated carbocycles. The minimum absolute atomic E-state index is 0.0240. The fourth-order valence-electron chi connectivity index (χ4n) is 1.44. The molecule has 0 fully saturated rings. The Morgan fingerprint density at radius 3 is 2.55 bits per heavy atom. The molecule has 1 unspecified atom stereocenters. The van der Waals surface area contributed by atoms with Crippen LogP contribution < -0.4 is 11.5 Å². The van der Waals surface area contributed by atoms with Crippen LogP contribution in [0.5, 0.6) is 0 Å². The van der Waals surface area contributed by atoms with Gasteiger partial charge < -0.3 is 11.5 Å². The monoisotopic (exact) mass is 307 g/mol. The van der Waals surface area contributed by atoms with Crippen molar-refractivity contribution in [3.8, 4) is 0 Å². The van der Waals surface area contributed by atoms with Crippen LogP contribution >= 0.6 is 11.6 Å². The summed E-state index contributed by atoms with van der Waals surface area (Å²) in [5.41, 5.74) is 7.99. The summed E-state index contributed by atoms with van der Waals surface area (Å²) < 4.78 is 38.9. The number of aromatic nitrogens is 3. The van der Waals surface area contributed by atoms with Crippen molar-refractivity contribution in [1.29, 1.82) is 0 Å². The van der Waals surface area contributed by atoms with Crippen LogP contribution in [0.15, 0.2) is 12.3 Å². The highest BCUT2D eigenvalue weighted by atomic mass is 35.5. The zero-order valence-electron chi connectivity index (χ0n) is 10.1. The van der Waals surface area contributed by atoms with E-state index in [4.69, 9.17) is 23.1 Å². The second-order valence-corrected chi connectivity index (χ2v) is 4.74. The number of primary amides is 1. The zero-order chi connectivity index (χ0) is 15.3. The number of alkyl halides is 3. The zero-order valence-corrected chi connectivity index (χ0v) is 10.8. The van der Waals surface area contributed by atoms with Gasteiger partial charge in [0.25, 0.3) is 0 Å². The normalized spacial score (nSPS) is 15.3. The molecule has 0 spiro atoms. The number of fused-ring (bicyclic) bond motifs is 1. The summed E-state index contributed by atoms with van der Waals surface area (Å²) in [6.45, 7) is 1.26. The first-order valence-electron chi connectivity index (χ1n) is 5.26. The van der Waals surface area contributed by atoms with Crippen LogP contribution in [0.4, 0.5) is 13.2 Å². The van der Waals surface area contributed by atoms with Gasteiger partial charge in [0, 0.05) is 12.3 Å². The summed E-state index contributed by atoms with van der Waals surface area (Å²) in [7, 11) is 0. The average molecular weight is 308 g/mol. The lowest BCUT2D eigenvalue weighted by molar-refractivity contribution is -0.137. The molecule has 2 rings (SSSR count). The molecule has 0 aromatic carbocycles. The van der Waals surface area contributed by atoms with Gasteiger partial charge >= 0.3 is 6.18 Å². The molecule has 0 aliphatic rings. The number of pyridine rings is 1. The first kappa shape index (κ1) is 14.5. The van der Waals surface area contributed by atoms with Gasteiger partial charge in [0.15, 0.2) is 17.0 Å². The number of carbonyl (C=O) groups excluding carboxylic acids is 1. The number of carbonyl (C=O) groups is 1. The number of hydrogen-bond donors (Lipinski definition) is 2. The summed E-state index contributed by atoms with van der Waals surface area (Å²) >= 11 is 5.55. The first-order valence-corrected chi connectivity index (χ1v) is 5.63. The Kier molecular flexibility index (Phi) is 3.14. The molecule has 1 atom stereocenters. The van der Waals surface area contributed by atoms with Crippen molar-refractivity contribution >= 4 is 23.2 Å². The van der Waals surface area contributed by atoms with Crippen molar-refractivity contribution in [3.63, 3.8) is 0 Å². The standard InChI is InChI=1S/C10H9ClF3N5O/c1-9(16,7(15)20)8-17-6-2-5(11)4(10(12,13)14)3-19(6)18-8/h2-3H,16H2,1H3,(H2,15,20). The first-order chi connectivity index (χ1) is 9.03. The van der Waals surface area contributed by atoms with E-state index in [9.17, 15) is 18.0 Å². The highest BCUT2D eigenvalue weighted by Gasteiger charge is 2.36. The number of nitrogens with two attached hydrogens (primary N) is 2. The topological polar surface area (TPSA) is 99.3 Å². The third-order valence-corrected chi connectivity index (χ3v) is 3.02. The minimum Gasteiger partial charge on any atom is -0.368 e. The van der Waals surface area contributed by atoms with Gasteiger partial charge in [-0.2, -0.15) is 13.2 Å². The molecule has 0 aliphatic heterocycles. The highest BCUT2D eigenvalue weighted by molar-refractivity contribution is 6.31. The van der Waals surface area contributed by atoms with Crippen LogP contribution in [0.25, 0.3) is 5.65 Å². The molecule has 1 amide bonds. The van der Waals surface area contributed by atoms with Gasteiger partial charge in [-0.15, -0.1) is 5.10 Å². The summed E-state index contributed by atoms with van der Waals surface area (Å²) in [5, 5.41) is 3.22. The molecular formula is C10H9ClF3N5O. The third-order valence-electron chi connectivity index (χ3n) is 2.70. The van der Waals surface area contributed by atoms with Crippen molar-refractivity contribution in [3.05, 3.63) is 28.7 Å². The van der Waals surface area contributed by atoms with E-state index in [1.807, 2.05) is 0 Å². The second-order valence-electron chi connectivity index (χ2n) is 4.34. The third kappa shape index (κ3) is 2.29. The van der Waals surface area contributed by atoms with E-state index in [1.54, 1.807) is 0 Å². The predicted octanol–water partition coefficient (Wildman–Crippen LogP) is 1.06. The largest absolute Gasteiger partial charge is 0.419 e. The second kappa shape index (κ2) is 4.32. The Labute approximate surface area is 115 Å². The fourth-order valence-corrected chi connectivity index (χ4v) is 1.70. The lowest BCUT2D eigenvalue weighted by atomic mass is 10.0. The molecule has 2 aromatic heterocycles. The maximum absolute atomic E-state index is 12.7. The van der Waals surface area contributed by atoms with E-state index in [2.05, 4.69) is 10.1 Å². The van der Waals surface area contributed by atoms with Crippen LogP contribution in [0.3, 0.4) is 0 Å². The Hall–Kier alpha value is -1.87. The Morgan fingerprint density at radius 2 is 2.05 bits per heavy atom. The van der Waals surface area contributed by atoms with Gasteiger partial charge in [-0.25, -0.2) is 9.50 Å². The van der Waals surface area contributed by atoms with Crippen molar-refractivity contribution in [1.82, 2.24) is 14.6 Å². The molecule has 4 N–H and O–H groups in total. The SMILES string of the molecule is CC(N)(C(N)=O)c1nc2cc(Cl)c(C(F)(F)F)cn2n1. The maximum Gasteiger partial charge on any atom is 0.419 e. The van der Waals surface area contributed by atoms with Gasteiger partial charge in [-0.3, -0.25) is 4.79 Å². The van der Waals surface area contributed by atoms with Crippen LogP contribution in [0.2, 0.25) is 5.02 Å². The number of nitrogens with zero attached hydrogens (tertiary/aromatic N) is 3. The van der Waals surface area contributed by atoms with Crippen molar-refractivity contribution < 1.29 is 18.0 Å². The van der Waals surface area contributed by atoms with E-state index in [0.717, 1.165) is 10.6 Å². The molecule has 20 heavy (non-hydrogen) atoms.